The average molecular weight is 401 g/mol. The fraction of sp³-hybridized carbons (Fsp3) is 0.238. The molecule has 0 aliphatic rings. The summed E-state index contributed by atoms with van der Waals surface area (Å²) in [5, 5.41) is 38.0. The molecule has 0 saturated heterocycles. The van der Waals surface area contributed by atoms with Crippen LogP contribution in [0.15, 0.2) is 42.5 Å². The Kier molecular flexibility index (Phi) is 7.08. The molecular formula is C21H23NO7. The molecule has 2 aromatic carbocycles. The minimum Gasteiger partial charge on any atom is -0.504 e. The maximum Gasteiger partial charge on any atom is 0.329 e. The number of hydrogen-bond acceptors (Lipinski definition) is 7. The van der Waals surface area contributed by atoms with E-state index in [2.05, 4.69) is 0 Å². The first-order valence-electron chi connectivity index (χ1n) is 8.87. The second kappa shape index (κ2) is 9.50. The van der Waals surface area contributed by atoms with E-state index < -0.39 is 17.9 Å². The minimum atomic E-state index is -0.954. The average Bonchev–Trinajstić information content (AvgIpc) is 2.69. The Morgan fingerprint density at radius 3 is 2.21 bits per heavy atom. The smallest absolute Gasteiger partial charge is 0.329 e. The number of rotatable bonds is 7. The van der Waals surface area contributed by atoms with Crippen LogP contribution in [-0.2, 0) is 20.7 Å². The zero-order valence-corrected chi connectivity index (χ0v) is 16.1. The molecule has 0 fully saturated rings. The fourth-order valence-electron chi connectivity index (χ4n) is 2.62. The molecule has 4 N–H and O–H groups in total. The van der Waals surface area contributed by atoms with Crippen molar-refractivity contribution in [3.05, 3.63) is 53.6 Å². The van der Waals surface area contributed by atoms with E-state index in [-0.39, 0.29) is 36.0 Å². The van der Waals surface area contributed by atoms with E-state index >= 15 is 0 Å². The molecule has 0 aliphatic heterocycles. The first kappa shape index (κ1) is 21.6. The molecule has 0 aromatic heterocycles. The Labute approximate surface area is 167 Å². The van der Waals surface area contributed by atoms with Crippen molar-refractivity contribution in [2.75, 3.05) is 13.7 Å². The maximum absolute atomic E-state index is 12.6. The summed E-state index contributed by atoms with van der Waals surface area (Å²) in [6, 6.07) is 7.30. The summed E-state index contributed by atoms with van der Waals surface area (Å²) in [5.41, 5.74) is 1.02. The van der Waals surface area contributed by atoms with Crippen LogP contribution in [-0.4, -0.2) is 56.9 Å². The topological polar surface area (TPSA) is 128 Å². The van der Waals surface area contributed by atoms with Crippen LogP contribution in [0.1, 0.15) is 18.1 Å². The second-order valence-electron chi connectivity index (χ2n) is 6.33. The van der Waals surface area contributed by atoms with E-state index in [4.69, 9.17) is 4.74 Å². The van der Waals surface area contributed by atoms with Crippen molar-refractivity contribution in [1.82, 2.24) is 4.90 Å². The number of likely N-dealkylation sites (N-methyl/N-ethyl adjacent to an activating group) is 1. The maximum atomic E-state index is 12.6. The highest BCUT2D eigenvalue weighted by molar-refractivity contribution is 5.94. The summed E-state index contributed by atoms with van der Waals surface area (Å²) in [5.74, 6) is -2.29. The lowest BCUT2D eigenvalue weighted by atomic mass is 10.0. The molecule has 8 nitrogen and oxygen atoms in total. The molecule has 0 bridgehead atoms. The molecule has 2 aromatic rings. The third-order valence-corrected chi connectivity index (χ3v) is 4.26. The molecule has 2 rings (SSSR count). The number of carbonyl (C=O) groups is 2. The standard InChI is InChI=1S/C21H23NO7/c1-3-29-21(28)15(10-14-5-8-17(24)19(26)12-14)22(2)20(27)9-6-13-4-7-16(23)18(25)11-13/h4-9,11-12,15,23-26H,3,10H2,1-2H3. The summed E-state index contributed by atoms with van der Waals surface area (Å²) >= 11 is 0. The quantitative estimate of drug-likeness (QED) is 0.318. The molecule has 0 heterocycles. The number of benzene rings is 2. The number of amides is 1. The zero-order valence-electron chi connectivity index (χ0n) is 16.1. The summed E-state index contributed by atoms with van der Waals surface area (Å²) in [6.07, 6.45) is 2.74. The second-order valence-corrected chi connectivity index (χ2v) is 6.33. The predicted octanol–water partition coefficient (Wildman–Crippen LogP) is 2.16. The lowest BCUT2D eigenvalue weighted by Gasteiger charge is -2.25. The van der Waals surface area contributed by atoms with Gasteiger partial charge in [0.15, 0.2) is 23.0 Å². The SMILES string of the molecule is CCOC(=O)C(Cc1ccc(O)c(O)c1)N(C)C(=O)C=Cc1ccc(O)c(O)c1. The normalized spacial score (nSPS) is 11.9. The number of esters is 1. The van der Waals surface area contributed by atoms with Gasteiger partial charge in [0, 0.05) is 19.5 Å². The van der Waals surface area contributed by atoms with Crippen LogP contribution in [0.2, 0.25) is 0 Å². The van der Waals surface area contributed by atoms with Gasteiger partial charge in [0.25, 0.3) is 0 Å². The van der Waals surface area contributed by atoms with Crippen LogP contribution < -0.4 is 0 Å². The summed E-state index contributed by atoms with van der Waals surface area (Å²) in [4.78, 5) is 26.2. The van der Waals surface area contributed by atoms with Crippen molar-refractivity contribution < 1.29 is 34.8 Å². The molecule has 0 spiro atoms. The van der Waals surface area contributed by atoms with Crippen LogP contribution >= 0.6 is 0 Å². The summed E-state index contributed by atoms with van der Waals surface area (Å²) in [6.45, 7) is 1.79. The van der Waals surface area contributed by atoms with Gasteiger partial charge in [-0.3, -0.25) is 4.79 Å². The van der Waals surface area contributed by atoms with Crippen LogP contribution in [0.4, 0.5) is 0 Å². The molecule has 0 saturated carbocycles. The van der Waals surface area contributed by atoms with Crippen molar-refractivity contribution in [3.63, 3.8) is 0 Å². The number of phenolic OH excluding ortho intramolecular Hbond substituents is 4. The number of carbonyl (C=O) groups excluding carboxylic acids is 2. The molecule has 0 aliphatic carbocycles. The number of phenols is 4. The molecule has 154 valence electrons. The first-order valence-corrected chi connectivity index (χ1v) is 8.87. The van der Waals surface area contributed by atoms with Crippen molar-refractivity contribution in [1.29, 1.82) is 0 Å². The molecular weight excluding hydrogens is 378 g/mol. The molecule has 0 radical (unpaired) electrons. The van der Waals surface area contributed by atoms with Gasteiger partial charge < -0.3 is 30.1 Å². The third kappa shape index (κ3) is 5.65. The number of nitrogens with zero attached hydrogens (tertiary/aromatic N) is 1. The summed E-state index contributed by atoms with van der Waals surface area (Å²) in [7, 11) is 1.45. The van der Waals surface area contributed by atoms with Crippen LogP contribution in [0.3, 0.4) is 0 Å². The minimum absolute atomic E-state index is 0.0722. The van der Waals surface area contributed by atoms with E-state index in [1.165, 1.54) is 60.5 Å². The Morgan fingerprint density at radius 1 is 1.00 bits per heavy atom. The van der Waals surface area contributed by atoms with Gasteiger partial charge in [-0.25, -0.2) is 4.79 Å². The van der Waals surface area contributed by atoms with Gasteiger partial charge >= 0.3 is 5.97 Å². The third-order valence-electron chi connectivity index (χ3n) is 4.26. The van der Waals surface area contributed by atoms with E-state index in [0.717, 1.165) is 0 Å². The zero-order chi connectivity index (χ0) is 21.6. The van der Waals surface area contributed by atoms with Gasteiger partial charge in [0.2, 0.25) is 5.91 Å². The van der Waals surface area contributed by atoms with E-state index in [1.54, 1.807) is 6.92 Å². The number of aromatic hydroxyl groups is 4. The van der Waals surface area contributed by atoms with Gasteiger partial charge in [0.05, 0.1) is 6.61 Å². The highest BCUT2D eigenvalue weighted by Crippen LogP contribution is 2.27. The lowest BCUT2D eigenvalue weighted by molar-refractivity contribution is -0.152. The van der Waals surface area contributed by atoms with Crippen molar-refractivity contribution in [2.24, 2.45) is 0 Å². The Morgan fingerprint density at radius 2 is 1.62 bits per heavy atom. The largest absolute Gasteiger partial charge is 0.504 e. The number of hydrogen-bond donors (Lipinski definition) is 4. The predicted molar refractivity (Wildman–Crippen MR) is 105 cm³/mol. The summed E-state index contributed by atoms with van der Waals surface area (Å²) < 4.78 is 5.06. The molecule has 1 unspecified atom stereocenters. The highest BCUT2D eigenvalue weighted by Gasteiger charge is 2.27. The van der Waals surface area contributed by atoms with E-state index in [0.29, 0.717) is 11.1 Å². The molecule has 29 heavy (non-hydrogen) atoms. The first-order chi connectivity index (χ1) is 13.7. The Bertz CT molecular complexity index is 923. The number of ether oxygens (including phenoxy) is 1. The van der Waals surface area contributed by atoms with Crippen molar-refractivity contribution in [3.8, 4) is 23.0 Å². The van der Waals surface area contributed by atoms with Crippen LogP contribution in [0.5, 0.6) is 23.0 Å². The van der Waals surface area contributed by atoms with Crippen LogP contribution in [0.25, 0.3) is 6.08 Å². The van der Waals surface area contributed by atoms with E-state index in [9.17, 15) is 30.0 Å². The Balaban J connectivity index is 2.20. The highest BCUT2D eigenvalue weighted by atomic mass is 16.5. The van der Waals surface area contributed by atoms with Gasteiger partial charge in [0.1, 0.15) is 6.04 Å². The monoisotopic (exact) mass is 401 g/mol. The fourth-order valence-corrected chi connectivity index (χ4v) is 2.62. The van der Waals surface area contributed by atoms with Crippen molar-refractivity contribution in [2.45, 2.75) is 19.4 Å². The molecule has 1 atom stereocenters. The lowest BCUT2D eigenvalue weighted by Crippen LogP contribution is -2.44. The van der Waals surface area contributed by atoms with Gasteiger partial charge in [-0.05, 0) is 48.4 Å². The van der Waals surface area contributed by atoms with E-state index in [1.807, 2.05) is 0 Å². The van der Waals surface area contributed by atoms with Gasteiger partial charge in [-0.2, -0.15) is 0 Å². The molecule has 1 amide bonds. The van der Waals surface area contributed by atoms with Gasteiger partial charge in [-0.15, -0.1) is 0 Å². The van der Waals surface area contributed by atoms with Crippen LogP contribution in [0, 0.1) is 0 Å². The van der Waals surface area contributed by atoms with Gasteiger partial charge in [-0.1, -0.05) is 12.1 Å². The Hall–Kier alpha value is -3.68. The van der Waals surface area contributed by atoms with Crippen molar-refractivity contribution >= 4 is 18.0 Å². The molecule has 8 heteroatoms.